The minimum atomic E-state index is 0.394. The minimum absolute atomic E-state index is 0.394. The molecule has 0 aliphatic carbocycles. The third kappa shape index (κ3) is 4.40. The number of aromatic nitrogens is 2. The summed E-state index contributed by atoms with van der Waals surface area (Å²) >= 11 is 1.53. The number of ether oxygens (including phenoxy) is 1. The molecule has 1 aliphatic heterocycles. The van der Waals surface area contributed by atoms with Gasteiger partial charge in [0.1, 0.15) is 5.82 Å². The lowest BCUT2D eigenvalue weighted by Gasteiger charge is -2.31. The molecule has 5 nitrogen and oxygen atoms in total. The number of nitrogens with two attached hydrogens (primary N) is 1. The molecule has 0 amide bonds. The van der Waals surface area contributed by atoms with Gasteiger partial charge in [-0.25, -0.2) is 4.98 Å². The first-order valence-electron chi connectivity index (χ1n) is 7.22. The van der Waals surface area contributed by atoms with Crippen molar-refractivity contribution < 1.29 is 4.74 Å². The molecule has 1 aromatic rings. The van der Waals surface area contributed by atoms with E-state index >= 15 is 0 Å². The smallest absolute Gasteiger partial charge is 0.205 e. The Labute approximate surface area is 119 Å². The summed E-state index contributed by atoms with van der Waals surface area (Å²) in [5.74, 6) is 0.990. The monoisotopic (exact) mass is 284 g/mol. The number of hydrogen-bond acceptors (Lipinski definition) is 6. The standard InChI is InChI=1S/C13H24N4OS/c1-2-4-12-15-13(19-16-12)17-8-5-11(6-9-17)18-10-3-7-14/h11H,2-10,14H2,1H3. The first kappa shape index (κ1) is 14.7. The summed E-state index contributed by atoms with van der Waals surface area (Å²) in [6, 6.07) is 0. The van der Waals surface area contributed by atoms with Crippen LogP contribution in [0.15, 0.2) is 0 Å². The fourth-order valence-electron chi connectivity index (χ4n) is 2.25. The zero-order valence-corrected chi connectivity index (χ0v) is 12.5. The van der Waals surface area contributed by atoms with E-state index in [4.69, 9.17) is 10.5 Å². The van der Waals surface area contributed by atoms with E-state index in [1.807, 2.05) is 0 Å². The molecule has 0 bridgehead atoms. The normalized spacial score (nSPS) is 17.1. The predicted molar refractivity (Wildman–Crippen MR) is 78.8 cm³/mol. The second-order valence-corrected chi connectivity index (χ2v) is 5.67. The van der Waals surface area contributed by atoms with Gasteiger partial charge >= 0.3 is 0 Å². The Morgan fingerprint density at radius 3 is 2.89 bits per heavy atom. The zero-order chi connectivity index (χ0) is 13.5. The zero-order valence-electron chi connectivity index (χ0n) is 11.7. The molecule has 1 aliphatic rings. The fraction of sp³-hybridized carbons (Fsp3) is 0.846. The van der Waals surface area contributed by atoms with Crippen molar-refractivity contribution in [2.75, 3.05) is 31.1 Å². The Kier molecular flexibility index (Phi) is 6.00. The molecule has 0 spiro atoms. The second-order valence-electron chi connectivity index (χ2n) is 4.94. The van der Waals surface area contributed by atoms with Gasteiger partial charge in [0.05, 0.1) is 6.10 Å². The lowest BCUT2D eigenvalue weighted by molar-refractivity contribution is 0.0366. The van der Waals surface area contributed by atoms with Gasteiger partial charge in [0.2, 0.25) is 5.13 Å². The van der Waals surface area contributed by atoms with Crippen molar-refractivity contribution in [3.05, 3.63) is 5.82 Å². The van der Waals surface area contributed by atoms with Gasteiger partial charge in [-0.1, -0.05) is 6.92 Å². The molecule has 108 valence electrons. The molecule has 2 N–H and O–H groups in total. The largest absolute Gasteiger partial charge is 0.378 e. The van der Waals surface area contributed by atoms with Gasteiger partial charge in [-0.05, 0) is 32.2 Å². The molecule has 6 heteroatoms. The molecule has 2 rings (SSSR count). The average Bonchev–Trinajstić information content (AvgIpc) is 2.89. The van der Waals surface area contributed by atoms with Gasteiger partial charge in [-0.3, -0.25) is 0 Å². The molecule has 1 aromatic heterocycles. The highest BCUT2D eigenvalue weighted by Crippen LogP contribution is 2.23. The van der Waals surface area contributed by atoms with Gasteiger partial charge < -0.3 is 15.4 Å². The van der Waals surface area contributed by atoms with Gasteiger partial charge in [0, 0.05) is 37.6 Å². The highest BCUT2D eigenvalue weighted by atomic mass is 32.1. The summed E-state index contributed by atoms with van der Waals surface area (Å²) in [7, 11) is 0. The lowest BCUT2D eigenvalue weighted by Crippen LogP contribution is -2.37. The van der Waals surface area contributed by atoms with Crippen molar-refractivity contribution in [3.63, 3.8) is 0 Å². The summed E-state index contributed by atoms with van der Waals surface area (Å²) < 4.78 is 10.2. The minimum Gasteiger partial charge on any atom is -0.378 e. The van der Waals surface area contributed by atoms with Crippen LogP contribution in [0.3, 0.4) is 0 Å². The summed E-state index contributed by atoms with van der Waals surface area (Å²) in [5, 5.41) is 1.07. The van der Waals surface area contributed by atoms with Crippen LogP contribution in [-0.4, -0.2) is 41.7 Å². The van der Waals surface area contributed by atoms with E-state index in [9.17, 15) is 0 Å². The van der Waals surface area contributed by atoms with Crippen LogP contribution in [0.2, 0.25) is 0 Å². The Morgan fingerprint density at radius 1 is 1.42 bits per heavy atom. The maximum Gasteiger partial charge on any atom is 0.205 e. The Hall–Kier alpha value is -0.720. The number of hydrogen-bond donors (Lipinski definition) is 1. The van der Waals surface area contributed by atoms with Crippen LogP contribution >= 0.6 is 11.5 Å². The molecular weight excluding hydrogens is 260 g/mol. The molecule has 1 fully saturated rings. The summed E-state index contributed by atoms with van der Waals surface area (Å²) in [6.07, 6.45) is 5.59. The van der Waals surface area contributed by atoms with Crippen molar-refractivity contribution in [2.45, 2.75) is 45.1 Å². The van der Waals surface area contributed by atoms with E-state index in [1.165, 1.54) is 11.5 Å². The molecule has 0 aromatic carbocycles. The van der Waals surface area contributed by atoms with Crippen LogP contribution in [0.1, 0.15) is 38.4 Å². The van der Waals surface area contributed by atoms with Crippen LogP contribution in [0.25, 0.3) is 0 Å². The summed E-state index contributed by atoms with van der Waals surface area (Å²) in [5.41, 5.74) is 5.47. The number of aryl methyl sites for hydroxylation is 1. The van der Waals surface area contributed by atoms with Crippen LogP contribution < -0.4 is 10.6 Å². The Morgan fingerprint density at radius 2 is 2.21 bits per heavy atom. The molecule has 2 heterocycles. The SMILES string of the molecule is CCCc1nsc(N2CCC(OCCCN)CC2)n1. The number of nitrogens with zero attached hydrogens (tertiary/aromatic N) is 3. The Bertz CT molecular complexity index is 363. The Balaban J connectivity index is 1.75. The summed E-state index contributed by atoms with van der Waals surface area (Å²) in [4.78, 5) is 6.93. The number of piperidine rings is 1. The van der Waals surface area contributed by atoms with Crippen LogP contribution in [0, 0.1) is 0 Å². The van der Waals surface area contributed by atoms with Gasteiger partial charge in [0.25, 0.3) is 0 Å². The van der Waals surface area contributed by atoms with Gasteiger partial charge in [-0.15, -0.1) is 0 Å². The van der Waals surface area contributed by atoms with Crippen LogP contribution in [0.4, 0.5) is 5.13 Å². The van der Waals surface area contributed by atoms with Crippen molar-refractivity contribution in [2.24, 2.45) is 5.73 Å². The van der Waals surface area contributed by atoms with Crippen molar-refractivity contribution in [3.8, 4) is 0 Å². The molecular formula is C13H24N4OS. The lowest BCUT2D eigenvalue weighted by atomic mass is 10.1. The van der Waals surface area contributed by atoms with Gasteiger partial charge in [0.15, 0.2) is 0 Å². The number of anilines is 1. The highest BCUT2D eigenvalue weighted by Gasteiger charge is 2.21. The van der Waals surface area contributed by atoms with E-state index in [-0.39, 0.29) is 0 Å². The van der Waals surface area contributed by atoms with Crippen LogP contribution in [0.5, 0.6) is 0 Å². The van der Waals surface area contributed by atoms with E-state index in [0.29, 0.717) is 12.6 Å². The van der Waals surface area contributed by atoms with E-state index in [2.05, 4.69) is 21.2 Å². The van der Waals surface area contributed by atoms with E-state index in [1.54, 1.807) is 0 Å². The van der Waals surface area contributed by atoms with E-state index in [0.717, 1.165) is 62.8 Å². The van der Waals surface area contributed by atoms with Crippen molar-refractivity contribution >= 4 is 16.7 Å². The van der Waals surface area contributed by atoms with Crippen molar-refractivity contribution in [1.29, 1.82) is 0 Å². The first-order chi connectivity index (χ1) is 9.33. The molecule has 0 atom stereocenters. The van der Waals surface area contributed by atoms with Crippen LogP contribution in [-0.2, 0) is 11.2 Å². The highest BCUT2D eigenvalue weighted by molar-refractivity contribution is 7.09. The third-order valence-electron chi connectivity index (χ3n) is 3.35. The molecule has 19 heavy (non-hydrogen) atoms. The summed E-state index contributed by atoms with van der Waals surface area (Å²) in [6.45, 7) is 5.71. The topological polar surface area (TPSA) is 64.3 Å². The van der Waals surface area contributed by atoms with E-state index < -0.39 is 0 Å². The van der Waals surface area contributed by atoms with Crippen molar-refractivity contribution in [1.82, 2.24) is 9.36 Å². The fourth-order valence-corrected chi connectivity index (χ4v) is 3.01. The molecule has 0 saturated carbocycles. The predicted octanol–water partition coefficient (Wildman–Crippen LogP) is 1.82. The molecule has 0 radical (unpaired) electrons. The first-order valence-corrected chi connectivity index (χ1v) is 8.00. The quantitative estimate of drug-likeness (QED) is 0.774. The average molecular weight is 284 g/mol. The maximum absolute atomic E-state index is 5.81. The maximum atomic E-state index is 5.81. The molecule has 0 unspecified atom stereocenters. The number of rotatable bonds is 7. The molecule has 1 saturated heterocycles. The second kappa shape index (κ2) is 7.77. The van der Waals surface area contributed by atoms with Gasteiger partial charge in [-0.2, -0.15) is 4.37 Å². The third-order valence-corrected chi connectivity index (χ3v) is 4.16.